The van der Waals surface area contributed by atoms with Crippen molar-refractivity contribution in [2.75, 3.05) is 6.54 Å². The van der Waals surface area contributed by atoms with Crippen LogP contribution in [-0.4, -0.2) is 32.4 Å². The quantitative estimate of drug-likeness (QED) is 0.582. The maximum atomic E-state index is 12.6. The lowest BCUT2D eigenvalue weighted by atomic mass is 10.3. The van der Waals surface area contributed by atoms with E-state index in [-0.39, 0.29) is 5.91 Å². The van der Waals surface area contributed by atoms with Crippen LogP contribution in [0.1, 0.15) is 16.2 Å². The molecule has 0 radical (unpaired) electrons. The van der Waals surface area contributed by atoms with E-state index >= 15 is 0 Å². The van der Waals surface area contributed by atoms with Crippen molar-refractivity contribution in [3.8, 4) is 11.6 Å². The highest BCUT2D eigenvalue weighted by molar-refractivity contribution is 7.17. The van der Waals surface area contributed by atoms with Crippen LogP contribution in [0, 0.1) is 0 Å². The van der Waals surface area contributed by atoms with E-state index in [1.54, 1.807) is 30.9 Å². The van der Waals surface area contributed by atoms with Crippen molar-refractivity contribution in [1.29, 1.82) is 0 Å². The number of rotatable bonds is 5. The number of hydrogen-bond donors (Lipinski definition) is 2. The summed E-state index contributed by atoms with van der Waals surface area (Å²) in [7, 11) is 0. The summed E-state index contributed by atoms with van der Waals surface area (Å²) in [6.45, 7) is 0.494. The zero-order valence-electron chi connectivity index (χ0n) is 12.5. The molecule has 4 aromatic rings. The molecule has 1 amide bonds. The average Bonchev–Trinajstić information content (AvgIpc) is 3.34. The Kier molecular flexibility index (Phi) is 3.80. The summed E-state index contributed by atoms with van der Waals surface area (Å²) in [6, 6.07) is 5.41. The maximum Gasteiger partial charge on any atom is 0.271 e. The van der Waals surface area contributed by atoms with Crippen molar-refractivity contribution < 1.29 is 9.21 Å². The Morgan fingerprint density at radius 2 is 2.29 bits per heavy atom. The van der Waals surface area contributed by atoms with Crippen LogP contribution in [0.3, 0.4) is 0 Å². The second kappa shape index (κ2) is 6.25. The fraction of sp³-hybridized carbons (Fsp3) is 0.125. The Hall–Kier alpha value is -3.00. The Morgan fingerprint density at radius 1 is 1.33 bits per heavy atom. The van der Waals surface area contributed by atoms with Crippen LogP contribution in [0.5, 0.6) is 0 Å². The van der Waals surface area contributed by atoms with Gasteiger partial charge in [0, 0.05) is 24.9 Å². The Bertz CT molecular complexity index is 960. The number of hydrogen-bond acceptors (Lipinski definition) is 6. The highest BCUT2D eigenvalue weighted by Gasteiger charge is 2.17. The molecule has 0 saturated carbocycles. The number of thiophene rings is 1. The number of carbonyl (C=O) groups excluding carboxylic acids is 1. The van der Waals surface area contributed by atoms with Crippen LogP contribution in [0.15, 0.2) is 46.8 Å². The molecule has 7 nitrogen and oxygen atoms in total. The van der Waals surface area contributed by atoms with Gasteiger partial charge in [0.25, 0.3) is 5.91 Å². The van der Waals surface area contributed by atoms with Gasteiger partial charge in [-0.2, -0.15) is 0 Å². The fourth-order valence-corrected chi connectivity index (χ4v) is 3.17. The standard InChI is InChI=1S/C16H13N5O2S/c22-16(18-5-3-10-8-17-9-19-10)13-14-11(4-7-24-14)20-15(21-13)12-2-1-6-23-12/h1-2,4,6-9H,3,5H2,(H,17,19)(H,18,22). The first-order valence-electron chi connectivity index (χ1n) is 7.36. The summed E-state index contributed by atoms with van der Waals surface area (Å²) in [5.74, 6) is 0.719. The number of fused-ring (bicyclic) bond motifs is 1. The molecule has 4 heterocycles. The number of furan rings is 1. The van der Waals surface area contributed by atoms with E-state index in [9.17, 15) is 4.79 Å². The molecule has 8 heteroatoms. The molecule has 0 aliphatic rings. The molecular weight excluding hydrogens is 326 g/mol. The minimum Gasteiger partial charge on any atom is -0.461 e. The summed E-state index contributed by atoms with van der Waals surface area (Å²) in [5.41, 5.74) is 2.07. The van der Waals surface area contributed by atoms with E-state index in [0.29, 0.717) is 30.2 Å². The number of aromatic nitrogens is 4. The number of nitrogens with zero attached hydrogens (tertiary/aromatic N) is 3. The largest absolute Gasteiger partial charge is 0.461 e. The normalized spacial score (nSPS) is 11.0. The van der Waals surface area contributed by atoms with Gasteiger partial charge < -0.3 is 14.7 Å². The van der Waals surface area contributed by atoms with Crippen LogP contribution < -0.4 is 5.32 Å². The van der Waals surface area contributed by atoms with Crippen molar-refractivity contribution in [2.24, 2.45) is 0 Å². The molecule has 0 atom stereocenters. The van der Waals surface area contributed by atoms with Gasteiger partial charge in [0.1, 0.15) is 5.69 Å². The second-order valence-electron chi connectivity index (χ2n) is 5.09. The van der Waals surface area contributed by atoms with Gasteiger partial charge in [-0.25, -0.2) is 15.0 Å². The van der Waals surface area contributed by atoms with Crippen LogP contribution in [0.25, 0.3) is 21.8 Å². The summed E-state index contributed by atoms with van der Waals surface area (Å²) in [5, 5.41) is 4.79. The first-order valence-corrected chi connectivity index (χ1v) is 8.24. The number of nitrogens with one attached hydrogen (secondary N) is 2. The Labute approximate surface area is 140 Å². The lowest BCUT2D eigenvalue weighted by Crippen LogP contribution is -2.27. The number of imidazole rings is 1. The minimum absolute atomic E-state index is 0.225. The summed E-state index contributed by atoms with van der Waals surface area (Å²) in [4.78, 5) is 28.4. The van der Waals surface area contributed by atoms with Gasteiger partial charge in [-0.3, -0.25) is 4.79 Å². The highest BCUT2D eigenvalue weighted by Crippen LogP contribution is 2.26. The molecule has 120 valence electrons. The first kappa shape index (κ1) is 14.6. The Balaban J connectivity index is 1.60. The highest BCUT2D eigenvalue weighted by atomic mass is 32.1. The molecule has 0 aliphatic heterocycles. The third-order valence-electron chi connectivity index (χ3n) is 3.49. The van der Waals surface area contributed by atoms with Crippen molar-refractivity contribution in [2.45, 2.75) is 6.42 Å². The SMILES string of the molecule is O=C(NCCc1cnc[nH]1)c1nc(-c2ccco2)nc2ccsc12. The number of H-pyrrole nitrogens is 1. The van der Waals surface area contributed by atoms with Crippen LogP contribution in [0.2, 0.25) is 0 Å². The molecule has 0 bridgehead atoms. The molecule has 0 fully saturated rings. The number of amides is 1. The molecular formula is C16H13N5O2S. The van der Waals surface area contributed by atoms with Crippen LogP contribution in [0.4, 0.5) is 0 Å². The van der Waals surface area contributed by atoms with Crippen LogP contribution >= 0.6 is 11.3 Å². The lowest BCUT2D eigenvalue weighted by Gasteiger charge is -2.06. The van der Waals surface area contributed by atoms with E-state index in [4.69, 9.17) is 4.42 Å². The van der Waals surface area contributed by atoms with Crippen molar-refractivity contribution >= 4 is 27.5 Å². The van der Waals surface area contributed by atoms with Gasteiger partial charge in [0.2, 0.25) is 0 Å². The predicted molar refractivity (Wildman–Crippen MR) is 89.7 cm³/mol. The first-order chi connectivity index (χ1) is 11.8. The molecule has 4 rings (SSSR count). The van der Waals surface area contributed by atoms with Gasteiger partial charge in [0.05, 0.1) is 22.8 Å². The van der Waals surface area contributed by atoms with E-state index in [0.717, 1.165) is 15.9 Å². The summed E-state index contributed by atoms with van der Waals surface area (Å²) >= 11 is 1.45. The second-order valence-corrected chi connectivity index (χ2v) is 6.01. The third kappa shape index (κ3) is 2.79. The van der Waals surface area contributed by atoms with Crippen molar-refractivity contribution in [1.82, 2.24) is 25.3 Å². The van der Waals surface area contributed by atoms with Crippen LogP contribution in [-0.2, 0) is 6.42 Å². The maximum absolute atomic E-state index is 12.6. The molecule has 0 saturated heterocycles. The molecule has 0 spiro atoms. The predicted octanol–water partition coefficient (Wildman–Crippen LogP) is 2.65. The lowest BCUT2D eigenvalue weighted by molar-refractivity contribution is 0.0951. The van der Waals surface area contributed by atoms with E-state index in [1.807, 2.05) is 11.4 Å². The summed E-state index contributed by atoms with van der Waals surface area (Å²) < 4.78 is 6.11. The van der Waals surface area contributed by atoms with Crippen molar-refractivity contribution in [3.05, 3.63) is 53.8 Å². The molecule has 0 aliphatic carbocycles. The third-order valence-corrected chi connectivity index (χ3v) is 4.41. The smallest absolute Gasteiger partial charge is 0.271 e. The molecule has 24 heavy (non-hydrogen) atoms. The van der Waals surface area contributed by atoms with Crippen molar-refractivity contribution in [3.63, 3.8) is 0 Å². The fourth-order valence-electron chi connectivity index (χ4n) is 2.35. The summed E-state index contributed by atoms with van der Waals surface area (Å²) in [6.07, 6.45) is 5.59. The topological polar surface area (TPSA) is 96.7 Å². The number of carbonyl (C=O) groups is 1. The van der Waals surface area contributed by atoms with Gasteiger partial charge in [-0.15, -0.1) is 11.3 Å². The average molecular weight is 339 g/mol. The monoisotopic (exact) mass is 339 g/mol. The molecule has 4 aromatic heterocycles. The molecule has 0 aromatic carbocycles. The number of aromatic amines is 1. The van der Waals surface area contributed by atoms with E-state index in [1.165, 1.54) is 11.3 Å². The zero-order chi connectivity index (χ0) is 16.4. The van der Waals surface area contributed by atoms with Gasteiger partial charge >= 0.3 is 0 Å². The van der Waals surface area contributed by atoms with Gasteiger partial charge in [-0.1, -0.05) is 0 Å². The molecule has 2 N–H and O–H groups in total. The van der Waals surface area contributed by atoms with E-state index in [2.05, 4.69) is 25.3 Å². The Morgan fingerprint density at radius 3 is 3.08 bits per heavy atom. The van der Waals surface area contributed by atoms with Gasteiger partial charge in [0.15, 0.2) is 11.6 Å². The van der Waals surface area contributed by atoms with Gasteiger partial charge in [-0.05, 0) is 23.6 Å². The van der Waals surface area contributed by atoms with E-state index < -0.39 is 0 Å². The molecule has 0 unspecified atom stereocenters. The zero-order valence-corrected chi connectivity index (χ0v) is 13.3. The minimum atomic E-state index is -0.225.